The minimum Gasteiger partial charge on any atom is -0.496 e. The third kappa shape index (κ3) is 7.41. The summed E-state index contributed by atoms with van der Waals surface area (Å²) in [5.74, 6) is -2.77. The highest BCUT2D eigenvalue weighted by Gasteiger charge is 2.18. The van der Waals surface area contributed by atoms with E-state index < -0.39 is 30.2 Å². The molecule has 0 aliphatic heterocycles. The van der Waals surface area contributed by atoms with Crippen LogP contribution in [0.15, 0.2) is 77.7 Å². The maximum atomic E-state index is 13.0. The molecule has 8 nitrogen and oxygen atoms in total. The van der Waals surface area contributed by atoms with E-state index >= 15 is 0 Å². The Balaban J connectivity index is 1.53. The number of hydrogen-bond donors (Lipinski definition) is 2. The first-order valence-corrected chi connectivity index (χ1v) is 11.3. The van der Waals surface area contributed by atoms with Gasteiger partial charge < -0.3 is 14.8 Å². The number of para-hydroxylation sites is 1. The van der Waals surface area contributed by atoms with Gasteiger partial charge in [0.05, 0.1) is 24.0 Å². The summed E-state index contributed by atoms with van der Waals surface area (Å²) in [6.07, 6.45) is 0. The number of halogens is 1. The van der Waals surface area contributed by atoms with Gasteiger partial charge in [-0.25, -0.2) is 9.18 Å². The number of hydrogen-bond acceptors (Lipinski definition) is 7. The molecule has 0 aliphatic carbocycles. The normalized spacial score (nSPS) is 10.2. The van der Waals surface area contributed by atoms with Crippen molar-refractivity contribution in [3.8, 4) is 5.75 Å². The first-order chi connectivity index (χ1) is 16.9. The van der Waals surface area contributed by atoms with Gasteiger partial charge in [0.2, 0.25) is 5.91 Å². The van der Waals surface area contributed by atoms with Gasteiger partial charge >= 0.3 is 5.97 Å². The molecule has 0 fully saturated rings. The van der Waals surface area contributed by atoms with Gasteiger partial charge in [-0.05, 0) is 48.5 Å². The average Bonchev–Trinajstić information content (AvgIpc) is 2.87. The molecule has 35 heavy (non-hydrogen) atoms. The number of imide groups is 1. The lowest BCUT2D eigenvalue weighted by Crippen LogP contribution is -2.34. The monoisotopic (exact) mass is 496 g/mol. The van der Waals surface area contributed by atoms with Gasteiger partial charge in [-0.15, -0.1) is 11.8 Å². The Morgan fingerprint density at radius 3 is 2.23 bits per heavy atom. The zero-order chi connectivity index (χ0) is 25.2. The van der Waals surface area contributed by atoms with Crippen LogP contribution in [0.3, 0.4) is 0 Å². The fourth-order valence-corrected chi connectivity index (χ4v) is 3.75. The Labute approximate surface area is 204 Å². The molecule has 0 radical (unpaired) electrons. The number of amides is 3. The van der Waals surface area contributed by atoms with Crippen LogP contribution in [0, 0.1) is 5.82 Å². The standard InChI is InChI=1S/C25H21FN2O6S/c1-33-20-8-4-2-6-18(20)24(31)28-22(29)14-34-25(32)19-7-3-5-9-21(19)35-15-23(30)27-17-12-10-16(26)11-13-17/h2-13H,14-15H2,1H3,(H,27,30)(H,28,29,31). The number of ether oxygens (including phenoxy) is 2. The number of anilines is 1. The third-order valence-corrected chi connectivity index (χ3v) is 5.61. The molecule has 0 aromatic heterocycles. The molecular formula is C25H21FN2O6S. The predicted octanol–water partition coefficient (Wildman–Crippen LogP) is 3.68. The van der Waals surface area contributed by atoms with E-state index in [1.807, 2.05) is 0 Å². The molecule has 3 aromatic rings. The number of benzene rings is 3. The second-order valence-corrected chi connectivity index (χ2v) is 8.01. The molecule has 3 amide bonds. The Hall–Kier alpha value is -4.18. The average molecular weight is 497 g/mol. The fourth-order valence-electron chi connectivity index (χ4n) is 2.91. The van der Waals surface area contributed by atoms with Crippen LogP contribution in [-0.2, 0) is 14.3 Å². The summed E-state index contributed by atoms with van der Waals surface area (Å²) in [6.45, 7) is -0.677. The Morgan fingerprint density at radius 1 is 0.857 bits per heavy atom. The maximum Gasteiger partial charge on any atom is 0.339 e. The van der Waals surface area contributed by atoms with E-state index in [9.17, 15) is 23.6 Å². The first kappa shape index (κ1) is 25.4. The van der Waals surface area contributed by atoms with Crippen molar-refractivity contribution in [2.45, 2.75) is 4.90 Å². The van der Waals surface area contributed by atoms with Crippen LogP contribution in [0.2, 0.25) is 0 Å². The van der Waals surface area contributed by atoms with Crippen molar-refractivity contribution in [2.75, 3.05) is 24.8 Å². The largest absolute Gasteiger partial charge is 0.496 e. The van der Waals surface area contributed by atoms with Crippen LogP contribution >= 0.6 is 11.8 Å². The number of carbonyl (C=O) groups excluding carboxylic acids is 4. The van der Waals surface area contributed by atoms with Gasteiger partial charge in [-0.3, -0.25) is 19.7 Å². The van der Waals surface area contributed by atoms with Gasteiger partial charge in [0.25, 0.3) is 11.8 Å². The van der Waals surface area contributed by atoms with Gasteiger partial charge in [0.15, 0.2) is 6.61 Å². The van der Waals surface area contributed by atoms with E-state index in [-0.39, 0.29) is 22.8 Å². The Bertz CT molecular complexity index is 1230. The molecule has 0 atom stereocenters. The van der Waals surface area contributed by atoms with Crippen LogP contribution in [0.25, 0.3) is 0 Å². The molecule has 0 saturated heterocycles. The molecular weight excluding hydrogens is 475 g/mol. The Morgan fingerprint density at radius 2 is 1.51 bits per heavy atom. The topological polar surface area (TPSA) is 111 Å². The molecule has 180 valence electrons. The van der Waals surface area contributed by atoms with Crippen molar-refractivity contribution in [1.82, 2.24) is 5.32 Å². The summed E-state index contributed by atoms with van der Waals surface area (Å²) in [5, 5.41) is 4.77. The zero-order valence-corrected chi connectivity index (χ0v) is 19.4. The number of thioether (sulfide) groups is 1. The molecule has 2 N–H and O–H groups in total. The summed E-state index contributed by atoms with van der Waals surface area (Å²) < 4.78 is 23.1. The molecule has 0 aliphatic rings. The molecule has 0 heterocycles. The van der Waals surface area contributed by atoms with Crippen molar-refractivity contribution in [2.24, 2.45) is 0 Å². The van der Waals surface area contributed by atoms with Crippen LogP contribution in [-0.4, -0.2) is 43.2 Å². The summed E-state index contributed by atoms with van der Waals surface area (Å²) >= 11 is 1.10. The van der Waals surface area contributed by atoms with E-state index in [0.29, 0.717) is 16.3 Å². The van der Waals surface area contributed by atoms with Crippen molar-refractivity contribution >= 4 is 41.1 Å². The highest BCUT2D eigenvalue weighted by molar-refractivity contribution is 8.00. The molecule has 0 unspecified atom stereocenters. The van der Waals surface area contributed by atoms with Gasteiger partial charge in [0.1, 0.15) is 11.6 Å². The second-order valence-electron chi connectivity index (χ2n) is 6.99. The summed E-state index contributed by atoms with van der Waals surface area (Å²) in [5.41, 5.74) is 0.768. The summed E-state index contributed by atoms with van der Waals surface area (Å²) in [7, 11) is 1.40. The zero-order valence-electron chi connectivity index (χ0n) is 18.6. The number of rotatable bonds is 9. The highest BCUT2D eigenvalue weighted by atomic mass is 32.2. The van der Waals surface area contributed by atoms with Crippen LogP contribution in [0.1, 0.15) is 20.7 Å². The molecule has 10 heteroatoms. The van der Waals surface area contributed by atoms with E-state index in [1.165, 1.54) is 43.5 Å². The van der Waals surface area contributed by atoms with Crippen molar-refractivity contribution in [3.63, 3.8) is 0 Å². The van der Waals surface area contributed by atoms with Gasteiger partial charge in [-0.2, -0.15) is 0 Å². The van der Waals surface area contributed by atoms with Crippen LogP contribution in [0.4, 0.5) is 10.1 Å². The van der Waals surface area contributed by atoms with E-state index in [2.05, 4.69) is 10.6 Å². The Kier molecular flexibility index (Phi) is 8.96. The lowest BCUT2D eigenvalue weighted by molar-refractivity contribution is -0.123. The number of carbonyl (C=O) groups is 4. The number of esters is 1. The molecule has 3 rings (SSSR count). The van der Waals surface area contributed by atoms with E-state index in [1.54, 1.807) is 36.4 Å². The fraction of sp³-hybridized carbons (Fsp3) is 0.120. The van der Waals surface area contributed by atoms with Gasteiger partial charge in [0, 0.05) is 10.6 Å². The number of methoxy groups -OCH3 is 1. The quantitative estimate of drug-likeness (QED) is 0.343. The highest BCUT2D eigenvalue weighted by Crippen LogP contribution is 2.24. The molecule has 3 aromatic carbocycles. The van der Waals surface area contributed by atoms with Crippen LogP contribution in [0.5, 0.6) is 5.75 Å². The molecule has 0 bridgehead atoms. The third-order valence-electron chi connectivity index (χ3n) is 4.53. The van der Waals surface area contributed by atoms with E-state index in [4.69, 9.17) is 9.47 Å². The minimum absolute atomic E-state index is 0.0183. The lowest BCUT2D eigenvalue weighted by atomic mass is 10.2. The maximum absolute atomic E-state index is 13.0. The van der Waals surface area contributed by atoms with Crippen molar-refractivity contribution in [1.29, 1.82) is 0 Å². The van der Waals surface area contributed by atoms with Crippen molar-refractivity contribution < 1.29 is 33.0 Å². The second kappa shape index (κ2) is 12.3. The van der Waals surface area contributed by atoms with Crippen molar-refractivity contribution in [3.05, 3.63) is 89.7 Å². The smallest absolute Gasteiger partial charge is 0.339 e. The lowest BCUT2D eigenvalue weighted by Gasteiger charge is -2.10. The SMILES string of the molecule is COc1ccccc1C(=O)NC(=O)COC(=O)c1ccccc1SCC(=O)Nc1ccc(F)cc1. The van der Waals surface area contributed by atoms with E-state index in [0.717, 1.165) is 11.8 Å². The number of nitrogens with one attached hydrogen (secondary N) is 2. The minimum atomic E-state index is -0.807. The first-order valence-electron chi connectivity index (χ1n) is 10.3. The molecule has 0 saturated carbocycles. The van der Waals surface area contributed by atoms with Crippen LogP contribution < -0.4 is 15.4 Å². The summed E-state index contributed by atoms with van der Waals surface area (Å²) in [4.78, 5) is 49.6. The summed E-state index contributed by atoms with van der Waals surface area (Å²) in [6, 6.07) is 18.2. The molecule has 0 spiro atoms. The predicted molar refractivity (Wildman–Crippen MR) is 128 cm³/mol. The van der Waals surface area contributed by atoms with Gasteiger partial charge in [-0.1, -0.05) is 24.3 Å².